The molecule has 1 aliphatic heterocycles. The van der Waals surface area contributed by atoms with Crippen LogP contribution in [0.5, 0.6) is 0 Å². The molecule has 2 aromatic heterocycles. The molecule has 1 saturated carbocycles. The van der Waals surface area contributed by atoms with Crippen molar-refractivity contribution < 1.29 is 18.8 Å². The van der Waals surface area contributed by atoms with Crippen LogP contribution >= 0.6 is 0 Å². The topological polar surface area (TPSA) is 103 Å². The SMILES string of the molecule is Cc1c(NC(=O)c2ccc(C3CC3)cc2)cc(F)cc1-c1ncnc2[nH]c(C3=CCN(OC(=O)N(C)C)CC3)cc12. The highest BCUT2D eigenvalue weighted by atomic mass is 19.1. The Hall–Kier alpha value is -4.57. The number of nitrogens with one attached hydrogen (secondary N) is 2. The van der Waals surface area contributed by atoms with Gasteiger partial charge < -0.3 is 20.0 Å². The molecule has 0 radical (unpaired) electrons. The molecule has 0 atom stereocenters. The first-order chi connectivity index (χ1) is 19.8. The first kappa shape index (κ1) is 26.6. The molecular formula is C31H31FN6O3. The van der Waals surface area contributed by atoms with Crippen LogP contribution in [0.15, 0.2) is 54.9 Å². The van der Waals surface area contributed by atoms with E-state index in [0.29, 0.717) is 59.1 Å². The lowest BCUT2D eigenvalue weighted by molar-refractivity contribution is -0.101. The number of carbonyl (C=O) groups is 2. The molecule has 1 fully saturated rings. The second-order valence-corrected chi connectivity index (χ2v) is 10.8. The van der Waals surface area contributed by atoms with Crippen molar-refractivity contribution in [3.8, 4) is 11.3 Å². The first-order valence-corrected chi connectivity index (χ1v) is 13.7. The van der Waals surface area contributed by atoms with E-state index in [-0.39, 0.29) is 5.91 Å². The molecule has 9 nitrogen and oxygen atoms in total. The maximum Gasteiger partial charge on any atom is 0.428 e. The lowest BCUT2D eigenvalue weighted by Gasteiger charge is -2.25. The van der Waals surface area contributed by atoms with Crippen LogP contribution in [0.1, 0.15) is 52.4 Å². The minimum atomic E-state index is -0.477. The fraction of sp³-hybridized carbons (Fsp3) is 0.290. The Labute approximate surface area is 237 Å². The molecule has 210 valence electrons. The number of hydrogen-bond donors (Lipinski definition) is 2. The van der Waals surface area contributed by atoms with Crippen molar-refractivity contribution >= 4 is 34.3 Å². The van der Waals surface area contributed by atoms with Crippen LogP contribution in [0, 0.1) is 12.7 Å². The molecule has 4 aromatic rings. The standard InChI is InChI=1S/C31H31FN6O3/c1-18-24(14-23(32)15-26(18)36-30(39)22-8-6-20(7-9-22)19-4-5-19)28-25-16-27(35-29(25)34-17-33-28)21-10-12-38(13-11-21)41-31(40)37(2)3/h6-10,14-17,19H,4-5,11-13H2,1-3H3,(H,36,39)(H,33,34,35). The van der Waals surface area contributed by atoms with Gasteiger partial charge in [-0.2, -0.15) is 0 Å². The molecule has 2 aromatic carbocycles. The van der Waals surface area contributed by atoms with Gasteiger partial charge in [0, 0.05) is 48.5 Å². The van der Waals surface area contributed by atoms with Crippen molar-refractivity contribution in [1.29, 1.82) is 0 Å². The zero-order valence-electron chi connectivity index (χ0n) is 23.2. The van der Waals surface area contributed by atoms with Crippen LogP contribution in [0.25, 0.3) is 27.9 Å². The molecule has 0 saturated heterocycles. The summed E-state index contributed by atoms with van der Waals surface area (Å²) in [6.45, 7) is 2.85. The molecule has 1 aliphatic carbocycles. The predicted octanol–water partition coefficient (Wildman–Crippen LogP) is 5.90. The third kappa shape index (κ3) is 5.55. The van der Waals surface area contributed by atoms with E-state index in [0.717, 1.165) is 16.7 Å². The number of benzene rings is 2. The van der Waals surface area contributed by atoms with Crippen LogP contribution in [-0.2, 0) is 4.84 Å². The Morgan fingerprint density at radius 2 is 1.90 bits per heavy atom. The Balaban J connectivity index is 1.26. The van der Waals surface area contributed by atoms with Crippen molar-refractivity contribution in [3.63, 3.8) is 0 Å². The van der Waals surface area contributed by atoms with Crippen molar-refractivity contribution in [2.75, 3.05) is 32.5 Å². The largest absolute Gasteiger partial charge is 0.428 e. The first-order valence-electron chi connectivity index (χ1n) is 13.7. The summed E-state index contributed by atoms with van der Waals surface area (Å²) in [6, 6.07) is 12.3. The summed E-state index contributed by atoms with van der Waals surface area (Å²) in [5, 5.41) is 5.25. The molecular weight excluding hydrogens is 523 g/mol. The Morgan fingerprint density at radius 3 is 2.59 bits per heavy atom. The predicted molar refractivity (Wildman–Crippen MR) is 155 cm³/mol. The van der Waals surface area contributed by atoms with Crippen LogP contribution in [0.2, 0.25) is 0 Å². The van der Waals surface area contributed by atoms with Gasteiger partial charge in [-0.05, 0) is 79.1 Å². The molecule has 10 heteroatoms. The third-order valence-corrected chi connectivity index (χ3v) is 7.61. The summed E-state index contributed by atoms with van der Waals surface area (Å²) in [5.74, 6) is -0.163. The van der Waals surface area contributed by atoms with E-state index in [2.05, 4.69) is 20.3 Å². The number of fused-ring (bicyclic) bond motifs is 1. The number of rotatable bonds is 6. The highest BCUT2D eigenvalue weighted by Gasteiger charge is 2.24. The quantitative estimate of drug-likeness (QED) is 0.307. The van der Waals surface area contributed by atoms with Crippen LogP contribution < -0.4 is 5.32 Å². The van der Waals surface area contributed by atoms with E-state index in [1.165, 1.54) is 41.8 Å². The minimum Gasteiger partial charge on any atom is -0.351 e. The summed E-state index contributed by atoms with van der Waals surface area (Å²) in [4.78, 5) is 43.9. The number of carbonyl (C=O) groups excluding carboxylic acids is 2. The van der Waals surface area contributed by atoms with E-state index in [4.69, 9.17) is 4.84 Å². The Morgan fingerprint density at radius 1 is 1.12 bits per heavy atom. The summed E-state index contributed by atoms with van der Waals surface area (Å²) in [6.07, 6.45) is 6.08. The lowest BCUT2D eigenvalue weighted by atomic mass is 10.00. The van der Waals surface area contributed by atoms with Gasteiger partial charge in [0.2, 0.25) is 0 Å². The van der Waals surface area contributed by atoms with E-state index < -0.39 is 11.9 Å². The van der Waals surface area contributed by atoms with E-state index in [1.54, 1.807) is 19.2 Å². The highest BCUT2D eigenvalue weighted by Crippen LogP contribution is 2.40. The van der Waals surface area contributed by atoms with E-state index in [9.17, 15) is 14.0 Å². The average Bonchev–Trinajstić information content (AvgIpc) is 3.73. The Kier molecular flexibility index (Phi) is 7.00. The van der Waals surface area contributed by atoms with Gasteiger partial charge >= 0.3 is 6.09 Å². The van der Waals surface area contributed by atoms with Crippen molar-refractivity contribution in [3.05, 3.63) is 83.1 Å². The zero-order valence-corrected chi connectivity index (χ0v) is 23.2. The Bertz CT molecular complexity index is 1670. The fourth-order valence-corrected chi connectivity index (χ4v) is 5.07. The molecule has 0 bridgehead atoms. The number of H-pyrrole nitrogens is 1. The number of nitrogens with zero attached hydrogens (tertiary/aromatic N) is 4. The van der Waals surface area contributed by atoms with Crippen molar-refractivity contribution in [2.24, 2.45) is 0 Å². The summed E-state index contributed by atoms with van der Waals surface area (Å²) < 4.78 is 14.9. The van der Waals surface area contributed by atoms with Gasteiger partial charge in [-0.15, -0.1) is 5.06 Å². The van der Waals surface area contributed by atoms with Gasteiger partial charge in [-0.1, -0.05) is 18.2 Å². The molecule has 41 heavy (non-hydrogen) atoms. The second-order valence-electron chi connectivity index (χ2n) is 10.8. The monoisotopic (exact) mass is 554 g/mol. The molecule has 6 rings (SSSR count). The summed E-state index contributed by atoms with van der Waals surface area (Å²) in [5.41, 5.74) is 6.55. The molecule has 2 amide bonds. The van der Waals surface area contributed by atoms with Gasteiger partial charge in [0.1, 0.15) is 17.8 Å². The van der Waals surface area contributed by atoms with Gasteiger partial charge in [0.25, 0.3) is 5.91 Å². The van der Waals surface area contributed by atoms with E-state index >= 15 is 0 Å². The maximum absolute atomic E-state index is 14.9. The molecule has 2 N–H and O–H groups in total. The molecule has 0 spiro atoms. The summed E-state index contributed by atoms with van der Waals surface area (Å²) >= 11 is 0. The van der Waals surface area contributed by atoms with Gasteiger partial charge in [-0.25, -0.2) is 19.2 Å². The number of hydroxylamine groups is 2. The normalized spacial score (nSPS) is 15.5. The van der Waals surface area contributed by atoms with Crippen LogP contribution in [0.3, 0.4) is 0 Å². The fourth-order valence-electron chi connectivity index (χ4n) is 5.07. The number of amides is 2. The number of aromatic amines is 1. The average molecular weight is 555 g/mol. The third-order valence-electron chi connectivity index (χ3n) is 7.61. The van der Waals surface area contributed by atoms with Gasteiger partial charge in [0.15, 0.2) is 0 Å². The molecule has 2 aliphatic rings. The van der Waals surface area contributed by atoms with Crippen molar-refractivity contribution in [2.45, 2.75) is 32.1 Å². The van der Waals surface area contributed by atoms with Crippen LogP contribution in [0.4, 0.5) is 14.9 Å². The number of anilines is 1. The molecule has 3 heterocycles. The lowest BCUT2D eigenvalue weighted by Crippen LogP contribution is -2.35. The number of aromatic nitrogens is 3. The number of halogens is 1. The van der Waals surface area contributed by atoms with Crippen molar-refractivity contribution in [1.82, 2.24) is 24.9 Å². The van der Waals surface area contributed by atoms with Gasteiger partial charge in [-0.3, -0.25) is 4.79 Å². The van der Waals surface area contributed by atoms with E-state index in [1.807, 2.05) is 43.3 Å². The van der Waals surface area contributed by atoms with Gasteiger partial charge in [0.05, 0.1) is 12.2 Å². The zero-order chi connectivity index (χ0) is 28.7. The van der Waals surface area contributed by atoms with Crippen LogP contribution in [-0.4, -0.2) is 64.1 Å². The number of hydrogen-bond acceptors (Lipinski definition) is 6. The summed E-state index contributed by atoms with van der Waals surface area (Å²) in [7, 11) is 3.28. The smallest absolute Gasteiger partial charge is 0.351 e. The molecule has 0 unspecified atom stereocenters. The maximum atomic E-state index is 14.9. The highest BCUT2D eigenvalue weighted by molar-refractivity contribution is 6.05. The minimum absolute atomic E-state index is 0.293. The second kappa shape index (κ2) is 10.8.